The number of nitrogens with zero attached hydrogens (tertiary/aromatic N) is 1. The highest BCUT2D eigenvalue weighted by atomic mass is 127. The van der Waals surface area contributed by atoms with Crippen LogP contribution in [0.4, 0.5) is 10.1 Å². The second-order valence-electron chi connectivity index (χ2n) is 6.69. The van der Waals surface area contributed by atoms with Crippen LogP contribution < -0.4 is 14.8 Å². The van der Waals surface area contributed by atoms with E-state index >= 15 is 0 Å². The largest absolute Gasteiger partial charge is 0.494 e. The predicted molar refractivity (Wildman–Crippen MR) is 130 cm³/mol. The van der Waals surface area contributed by atoms with Gasteiger partial charge < -0.3 is 14.8 Å². The van der Waals surface area contributed by atoms with E-state index in [9.17, 15) is 14.4 Å². The molecule has 7 heteroatoms. The Morgan fingerprint density at radius 3 is 2.56 bits per heavy atom. The van der Waals surface area contributed by atoms with Crippen molar-refractivity contribution in [2.75, 3.05) is 11.9 Å². The zero-order valence-electron chi connectivity index (χ0n) is 17.3. The maximum atomic E-state index is 13.3. The maximum absolute atomic E-state index is 13.3. The van der Waals surface area contributed by atoms with Crippen LogP contribution in [-0.4, -0.2) is 12.5 Å². The first-order chi connectivity index (χ1) is 15.5. The van der Waals surface area contributed by atoms with E-state index in [2.05, 4.69) is 27.9 Å². The fourth-order valence-electron chi connectivity index (χ4n) is 2.83. The lowest BCUT2D eigenvalue weighted by Crippen LogP contribution is -2.13. The van der Waals surface area contributed by atoms with Gasteiger partial charge in [0.25, 0.3) is 5.91 Å². The summed E-state index contributed by atoms with van der Waals surface area (Å²) >= 11 is 2.12. The van der Waals surface area contributed by atoms with Crippen molar-refractivity contribution < 1.29 is 18.7 Å². The fraction of sp³-hybridized carbons (Fsp3) is 0.120. The highest BCUT2D eigenvalue weighted by Gasteiger charge is 2.11. The molecule has 3 rings (SSSR count). The topological polar surface area (TPSA) is 71.3 Å². The summed E-state index contributed by atoms with van der Waals surface area (Å²) in [5.41, 5.74) is 1.95. The molecule has 0 aliphatic carbocycles. The van der Waals surface area contributed by atoms with Crippen molar-refractivity contribution >= 4 is 40.3 Å². The van der Waals surface area contributed by atoms with Gasteiger partial charge in [0.05, 0.1) is 10.2 Å². The standard InChI is InChI=1S/C25H20FIN2O3/c1-2-31-22-9-7-21(8-10-22)29-25(30)19(15-28)12-17-6-11-24(23(27)14-17)32-16-18-4-3-5-20(26)13-18/h3-14H,2,16H2,1H3,(H,29,30)/b19-12-. The van der Waals surface area contributed by atoms with E-state index in [0.717, 1.165) is 9.13 Å². The second kappa shape index (κ2) is 11.3. The van der Waals surface area contributed by atoms with E-state index < -0.39 is 5.91 Å². The number of carbonyl (C=O) groups excluding carboxylic acids is 1. The molecular formula is C25H20FIN2O3. The molecule has 5 nitrogen and oxygen atoms in total. The molecule has 0 unspecified atom stereocenters. The van der Waals surface area contributed by atoms with Crippen LogP contribution in [0.15, 0.2) is 72.3 Å². The maximum Gasteiger partial charge on any atom is 0.266 e. The molecule has 0 aliphatic rings. The summed E-state index contributed by atoms with van der Waals surface area (Å²) < 4.78 is 25.3. The molecule has 3 aromatic rings. The number of anilines is 1. The summed E-state index contributed by atoms with van der Waals surface area (Å²) in [6.07, 6.45) is 1.52. The molecule has 0 saturated carbocycles. The number of rotatable bonds is 8. The smallest absolute Gasteiger partial charge is 0.266 e. The summed E-state index contributed by atoms with van der Waals surface area (Å²) in [6.45, 7) is 2.68. The van der Waals surface area contributed by atoms with E-state index in [1.165, 1.54) is 18.2 Å². The van der Waals surface area contributed by atoms with E-state index in [1.54, 1.807) is 48.5 Å². The van der Waals surface area contributed by atoms with Crippen LogP contribution in [0.25, 0.3) is 6.08 Å². The highest BCUT2D eigenvalue weighted by Crippen LogP contribution is 2.25. The van der Waals surface area contributed by atoms with Gasteiger partial charge in [-0.05, 0) is 95.2 Å². The van der Waals surface area contributed by atoms with Crippen LogP contribution in [0.3, 0.4) is 0 Å². The van der Waals surface area contributed by atoms with E-state index in [4.69, 9.17) is 9.47 Å². The van der Waals surface area contributed by atoms with Crippen molar-refractivity contribution in [3.8, 4) is 17.6 Å². The van der Waals surface area contributed by atoms with Crippen LogP contribution in [-0.2, 0) is 11.4 Å². The predicted octanol–water partition coefficient (Wildman–Crippen LogP) is 5.95. The van der Waals surface area contributed by atoms with Gasteiger partial charge in [0.1, 0.15) is 35.6 Å². The third-order valence-electron chi connectivity index (χ3n) is 4.34. The average molecular weight is 542 g/mol. The minimum absolute atomic E-state index is 0.0249. The van der Waals surface area contributed by atoms with E-state index in [-0.39, 0.29) is 18.0 Å². The lowest BCUT2D eigenvalue weighted by atomic mass is 10.1. The van der Waals surface area contributed by atoms with Crippen LogP contribution in [0, 0.1) is 20.7 Å². The van der Waals surface area contributed by atoms with Gasteiger partial charge in [0.2, 0.25) is 0 Å². The number of nitrogens with one attached hydrogen (secondary N) is 1. The molecule has 0 aliphatic heterocycles. The van der Waals surface area contributed by atoms with E-state index in [0.29, 0.717) is 29.4 Å². The Hall–Kier alpha value is -3.38. The Balaban J connectivity index is 1.67. The molecule has 0 fully saturated rings. The highest BCUT2D eigenvalue weighted by molar-refractivity contribution is 14.1. The number of hydrogen-bond donors (Lipinski definition) is 1. The molecule has 0 heterocycles. The first-order valence-electron chi connectivity index (χ1n) is 9.81. The number of nitriles is 1. The Bertz CT molecular complexity index is 1170. The molecule has 1 amide bonds. The van der Waals surface area contributed by atoms with Gasteiger partial charge in [0.15, 0.2) is 0 Å². The molecule has 0 saturated heterocycles. The minimum Gasteiger partial charge on any atom is -0.494 e. The van der Waals surface area contributed by atoms with Gasteiger partial charge in [-0.15, -0.1) is 0 Å². The first kappa shape index (κ1) is 23.3. The molecule has 0 atom stereocenters. The summed E-state index contributed by atoms with van der Waals surface area (Å²) in [4.78, 5) is 12.5. The SMILES string of the molecule is CCOc1ccc(NC(=O)/C(C#N)=C\c2ccc(OCc3cccc(F)c3)c(I)c2)cc1. The number of benzene rings is 3. The summed E-state index contributed by atoms with van der Waals surface area (Å²) in [7, 11) is 0. The summed E-state index contributed by atoms with van der Waals surface area (Å²) in [5.74, 6) is 0.520. The molecule has 0 radical (unpaired) electrons. The van der Waals surface area contributed by atoms with Crippen molar-refractivity contribution in [1.29, 1.82) is 5.26 Å². The Morgan fingerprint density at radius 2 is 1.91 bits per heavy atom. The van der Waals surface area contributed by atoms with Gasteiger partial charge in [-0.2, -0.15) is 5.26 Å². The molecular weight excluding hydrogens is 522 g/mol. The molecule has 32 heavy (non-hydrogen) atoms. The van der Waals surface area contributed by atoms with Crippen LogP contribution in [0.2, 0.25) is 0 Å². The number of hydrogen-bond acceptors (Lipinski definition) is 4. The van der Waals surface area contributed by atoms with Gasteiger partial charge >= 0.3 is 0 Å². The van der Waals surface area contributed by atoms with Crippen molar-refractivity contribution in [1.82, 2.24) is 0 Å². The summed E-state index contributed by atoms with van der Waals surface area (Å²) in [5, 5.41) is 12.2. The number of ether oxygens (including phenoxy) is 2. The van der Waals surface area contributed by atoms with Crippen LogP contribution in [0.1, 0.15) is 18.1 Å². The zero-order chi connectivity index (χ0) is 22.9. The monoisotopic (exact) mass is 542 g/mol. The molecule has 0 aromatic heterocycles. The fourth-order valence-corrected chi connectivity index (χ4v) is 3.52. The summed E-state index contributed by atoms with van der Waals surface area (Å²) in [6, 6.07) is 20.4. The van der Waals surface area contributed by atoms with Crippen molar-refractivity contribution in [2.24, 2.45) is 0 Å². The van der Waals surface area contributed by atoms with Crippen molar-refractivity contribution in [2.45, 2.75) is 13.5 Å². The molecule has 162 valence electrons. The van der Waals surface area contributed by atoms with Gasteiger partial charge in [-0.25, -0.2) is 4.39 Å². The average Bonchev–Trinajstić information content (AvgIpc) is 2.78. The van der Waals surface area contributed by atoms with Gasteiger partial charge in [-0.3, -0.25) is 4.79 Å². The van der Waals surface area contributed by atoms with Crippen molar-refractivity contribution in [3.05, 3.63) is 92.8 Å². The zero-order valence-corrected chi connectivity index (χ0v) is 19.4. The Kier molecular flexibility index (Phi) is 8.22. The van der Waals surface area contributed by atoms with Gasteiger partial charge in [-0.1, -0.05) is 18.2 Å². The normalized spacial score (nSPS) is 10.9. The second-order valence-corrected chi connectivity index (χ2v) is 7.85. The third kappa shape index (κ3) is 6.56. The lowest BCUT2D eigenvalue weighted by Gasteiger charge is -2.09. The molecule has 0 spiro atoms. The van der Waals surface area contributed by atoms with Crippen molar-refractivity contribution in [3.63, 3.8) is 0 Å². The minimum atomic E-state index is -0.502. The quantitative estimate of drug-likeness (QED) is 0.217. The Labute approximate surface area is 199 Å². The number of amides is 1. The van der Waals surface area contributed by atoms with Gasteiger partial charge in [0, 0.05) is 5.69 Å². The Morgan fingerprint density at radius 1 is 1.12 bits per heavy atom. The van der Waals surface area contributed by atoms with Crippen LogP contribution in [0.5, 0.6) is 11.5 Å². The number of halogens is 2. The number of carbonyl (C=O) groups is 1. The van der Waals surface area contributed by atoms with Crippen LogP contribution >= 0.6 is 22.6 Å². The molecule has 1 N–H and O–H groups in total. The third-order valence-corrected chi connectivity index (χ3v) is 5.18. The molecule has 3 aromatic carbocycles. The first-order valence-corrected chi connectivity index (χ1v) is 10.9. The molecule has 0 bridgehead atoms. The van der Waals surface area contributed by atoms with E-state index in [1.807, 2.05) is 19.1 Å². The lowest BCUT2D eigenvalue weighted by molar-refractivity contribution is -0.112.